The van der Waals surface area contributed by atoms with Gasteiger partial charge in [0.1, 0.15) is 11.2 Å². The highest BCUT2D eigenvalue weighted by atomic mass is 16.5. The molecule has 1 unspecified atom stereocenters. The topological polar surface area (TPSA) is 46.6 Å². The van der Waals surface area contributed by atoms with E-state index in [1.165, 1.54) is 0 Å². The van der Waals surface area contributed by atoms with Crippen molar-refractivity contribution in [2.24, 2.45) is 5.41 Å². The molecule has 3 aromatic rings. The van der Waals surface area contributed by atoms with E-state index in [1.54, 1.807) is 11.9 Å². The van der Waals surface area contributed by atoms with E-state index in [0.717, 1.165) is 27.8 Å². The first kappa shape index (κ1) is 23.1. The molecule has 2 aliphatic rings. The number of rotatable bonds is 4. The number of hydrogen-bond acceptors (Lipinski definition) is 3. The summed E-state index contributed by atoms with van der Waals surface area (Å²) in [5, 5.41) is 0. The second-order valence-corrected chi connectivity index (χ2v) is 9.84. The number of benzene rings is 3. The maximum Gasteiger partial charge on any atom is 0.291 e. The molecule has 0 N–H and O–H groups in total. The molecule has 0 radical (unpaired) electrons. The van der Waals surface area contributed by atoms with Crippen LogP contribution in [-0.4, -0.2) is 23.6 Å². The molecule has 2 fully saturated rings. The quantitative estimate of drug-likeness (QED) is 0.442. The van der Waals surface area contributed by atoms with Crippen LogP contribution in [0.5, 0.6) is 0 Å². The zero-order chi connectivity index (χ0) is 24.8. The molecule has 2 heterocycles. The van der Waals surface area contributed by atoms with Crippen molar-refractivity contribution in [3.63, 3.8) is 0 Å². The number of ketones is 1. The Hall–Kier alpha value is -3.66. The summed E-state index contributed by atoms with van der Waals surface area (Å²) in [7, 11) is 1.73. The van der Waals surface area contributed by atoms with Gasteiger partial charge in [0.15, 0.2) is 5.60 Å². The van der Waals surface area contributed by atoms with E-state index in [2.05, 4.69) is 62.4 Å². The van der Waals surface area contributed by atoms with Crippen LogP contribution in [0.4, 0.5) is 0 Å². The fourth-order valence-corrected chi connectivity index (χ4v) is 5.83. The molecular formula is C31H31NO3. The van der Waals surface area contributed by atoms with E-state index in [0.29, 0.717) is 18.6 Å². The van der Waals surface area contributed by atoms with Gasteiger partial charge in [-0.2, -0.15) is 0 Å². The lowest BCUT2D eigenvalue weighted by molar-refractivity contribution is -0.141. The van der Waals surface area contributed by atoms with Crippen LogP contribution in [0.1, 0.15) is 53.6 Å². The summed E-state index contributed by atoms with van der Waals surface area (Å²) in [5.74, 6) is -0.263. The Kier molecular flexibility index (Phi) is 5.63. The third-order valence-electron chi connectivity index (χ3n) is 7.57. The van der Waals surface area contributed by atoms with Crippen LogP contribution in [0.2, 0.25) is 0 Å². The molecule has 2 saturated heterocycles. The normalized spacial score (nSPS) is 24.4. The average molecular weight is 466 g/mol. The Morgan fingerprint density at radius 3 is 1.94 bits per heavy atom. The van der Waals surface area contributed by atoms with Crippen molar-refractivity contribution < 1.29 is 14.3 Å². The summed E-state index contributed by atoms with van der Waals surface area (Å²) in [6, 6.07) is 26.0. The molecule has 2 atom stereocenters. The van der Waals surface area contributed by atoms with Crippen LogP contribution in [0.15, 0.2) is 90.7 Å². The van der Waals surface area contributed by atoms with Gasteiger partial charge in [-0.15, -0.1) is 0 Å². The Bertz CT molecular complexity index is 1250. The predicted molar refractivity (Wildman–Crippen MR) is 137 cm³/mol. The minimum Gasteiger partial charge on any atom is -0.481 e. The molecule has 5 rings (SSSR count). The third-order valence-corrected chi connectivity index (χ3v) is 7.57. The third kappa shape index (κ3) is 3.43. The lowest BCUT2D eigenvalue weighted by atomic mass is 9.67. The van der Waals surface area contributed by atoms with Crippen LogP contribution in [0, 0.1) is 19.3 Å². The smallest absolute Gasteiger partial charge is 0.291 e. The summed E-state index contributed by atoms with van der Waals surface area (Å²) in [6.07, 6.45) is 3.04. The Labute approximate surface area is 207 Å². The van der Waals surface area contributed by atoms with Crippen molar-refractivity contribution >= 4 is 11.7 Å². The number of ether oxygens (including phenoxy) is 1. The van der Waals surface area contributed by atoms with Crippen molar-refractivity contribution in [2.45, 2.75) is 45.3 Å². The van der Waals surface area contributed by atoms with Gasteiger partial charge in [-0.25, -0.2) is 0 Å². The van der Waals surface area contributed by atoms with Gasteiger partial charge in [0.2, 0.25) is 5.78 Å². The first-order valence-corrected chi connectivity index (χ1v) is 12.2. The fraction of sp³-hybridized carbons (Fsp3) is 0.290. The molecule has 1 amide bonds. The number of aryl methyl sites for hydroxylation is 2. The molecule has 0 aromatic heterocycles. The molecule has 0 saturated carbocycles. The van der Waals surface area contributed by atoms with Gasteiger partial charge in [-0.1, -0.05) is 96.9 Å². The molecule has 0 bridgehead atoms. The van der Waals surface area contributed by atoms with Crippen molar-refractivity contribution in [2.75, 3.05) is 7.05 Å². The summed E-state index contributed by atoms with van der Waals surface area (Å²) < 4.78 is 6.96. The van der Waals surface area contributed by atoms with Gasteiger partial charge < -0.3 is 9.64 Å². The van der Waals surface area contributed by atoms with Crippen molar-refractivity contribution in [3.8, 4) is 0 Å². The van der Waals surface area contributed by atoms with Crippen LogP contribution in [-0.2, 0) is 19.9 Å². The molecule has 35 heavy (non-hydrogen) atoms. The van der Waals surface area contributed by atoms with Gasteiger partial charge in [0, 0.05) is 13.5 Å². The van der Waals surface area contributed by atoms with Gasteiger partial charge in [-0.05, 0) is 43.0 Å². The highest BCUT2D eigenvalue weighted by Crippen LogP contribution is 2.63. The summed E-state index contributed by atoms with van der Waals surface area (Å²) in [4.78, 5) is 28.8. The number of Topliss-reactive ketones (excluding diaryl/α,β-unsaturated/α-hetero) is 1. The average Bonchev–Trinajstić information content (AvgIpc) is 3.29. The number of likely N-dealkylation sites (tertiary alicyclic amines) is 1. The molecule has 1 spiro atoms. The minimum absolute atomic E-state index is 0.354. The van der Waals surface area contributed by atoms with E-state index in [1.807, 2.05) is 43.3 Å². The second kappa shape index (κ2) is 8.53. The van der Waals surface area contributed by atoms with Crippen LogP contribution >= 0.6 is 0 Å². The summed E-state index contributed by atoms with van der Waals surface area (Å²) in [6.45, 7) is 6.15. The first-order chi connectivity index (χ1) is 16.8. The summed E-state index contributed by atoms with van der Waals surface area (Å²) in [5.41, 5.74) is 3.19. The Balaban J connectivity index is 1.79. The highest BCUT2D eigenvalue weighted by molar-refractivity contribution is 6.41. The van der Waals surface area contributed by atoms with E-state index in [9.17, 15) is 9.59 Å². The predicted octanol–water partition coefficient (Wildman–Crippen LogP) is 6.03. The molecule has 3 aromatic carbocycles. The largest absolute Gasteiger partial charge is 0.481 e. The van der Waals surface area contributed by atoms with Gasteiger partial charge in [0.05, 0.1) is 6.04 Å². The van der Waals surface area contributed by atoms with E-state index >= 15 is 0 Å². The number of amides is 1. The van der Waals surface area contributed by atoms with Crippen LogP contribution in [0.3, 0.4) is 0 Å². The van der Waals surface area contributed by atoms with Crippen LogP contribution < -0.4 is 0 Å². The van der Waals surface area contributed by atoms with E-state index in [4.69, 9.17) is 4.74 Å². The van der Waals surface area contributed by atoms with E-state index in [-0.39, 0.29) is 0 Å². The van der Waals surface area contributed by atoms with Gasteiger partial charge in [0.25, 0.3) is 5.91 Å². The Morgan fingerprint density at radius 1 is 0.886 bits per heavy atom. The van der Waals surface area contributed by atoms with Crippen molar-refractivity contribution in [3.05, 3.63) is 119 Å². The number of carbonyl (C=O) groups is 2. The lowest BCUT2D eigenvalue weighted by Crippen LogP contribution is -2.36. The zero-order valence-corrected chi connectivity index (χ0v) is 20.7. The van der Waals surface area contributed by atoms with Gasteiger partial charge >= 0.3 is 0 Å². The molecule has 0 aliphatic carbocycles. The van der Waals surface area contributed by atoms with E-state index < -0.39 is 28.7 Å². The molecule has 178 valence electrons. The van der Waals surface area contributed by atoms with Crippen molar-refractivity contribution in [1.29, 1.82) is 0 Å². The Morgan fingerprint density at radius 2 is 1.43 bits per heavy atom. The maximum atomic E-state index is 14.0. The zero-order valence-electron chi connectivity index (χ0n) is 20.7. The van der Waals surface area contributed by atoms with Crippen LogP contribution in [0.25, 0.3) is 0 Å². The lowest BCUT2D eigenvalue weighted by Gasteiger charge is -2.33. The standard InChI is InChI=1S/C31H31NO3/c1-5-9-26-30(27(23-10-7-6-8-11-23)32(4)29(34)28(30)33)20-31(35-26,24-16-12-21(2)13-17-24)25-18-14-22(3)15-19-25/h6-19,27H,5,20H2,1-4H3/b26-9-/t27?,30-/m0/s1. The molecule has 2 aliphatic heterocycles. The summed E-state index contributed by atoms with van der Waals surface area (Å²) >= 11 is 0. The minimum atomic E-state index is -1.11. The maximum absolute atomic E-state index is 14.0. The highest BCUT2D eigenvalue weighted by Gasteiger charge is 2.69. The molecular weight excluding hydrogens is 434 g/mol. The fourth-order valence-electron chi connectivity index (χ4n) is 5.83. The molecule has 4 nitrogen and oxygen atoms in total. The van der Waals surface area contributed by atoms with Crippen molar-refractivity contribution in [1.82, 2.24) is 4.90 Å². The number of carbonyl (C=O) groups excluding carboxylic acids is 2. The number of allylic oxidation sites excluding steroid dienone is 1. The number of hydrogen-bond donors (Lipinski definition) is 0. The SMILES string of the molecule is CC/C=C1\OC(c2ccc(C)cc2)(c2ccc(C)cc2)C[C@]12C(=O)C(=O)N(C)C2c1ccccc1. The first-order valence-electron chi connectivity index (χ1n) is 12.2. The van der Waals surface area contributed by atoms with Gasteiger partial charge in [-0.3, -0.25) is 9.59 Å². The number of likely N-dealkylation sites (N-methyl/N-ethyl adjacent to an activating group) is 1. The molecule has 4 heteroatoms. The second-order valence-electron chi connectivity index (χ2n) is 9.84. The monoisotopic (exact) mass is 465 g/mol. The number of nitrogens with zero attached hydrogens (tertiary/aromatic N) is 1.